The molecule has 0 spiro atoms. The second-order valence-electron chi connectivity index (χ2n) is 4.95. The molecule has 0 radical (unpaired) electrons. The quantitative estimate of drug-likeness (QED) is 0.922. The largest absolute Gasteiger partial charge is 0.378 e. The smallest absolute Gasteiger partial charge is 0.227 e. The van der Waals surface area contributed by atoms with Crippen molar-refractivity contribution >= 4 is 11.6 Å². The maximum absolute atomic E-state index is 12.1. The minimum absolute atomic E-state index is 0.0107. The summed E-state index contributed by atoms with van der Waals surface area (Å²) in [4.78, 5) is 20.2. The van der Waals surface area contributed by atoms with Gasteiger partial charge in [-0.05, 0) is 25.3 Å². The van der Waals surface area contributed by atoms with Gasteiger partial charge >= 0.3 is 0 Å². The summed E-state index contributed by atoms with van der Waals surface area (Å²) in [7, 11) is 0. The van der Waals surface area contributed by atoms with Crippen molar-refractivity contribution < 1.29 is 9.53 Å². The third kappa shape index (κ3) is 3.43. The monoisotopic (exact) mass is 287 g/mol. The molecule has 1 aliphatic heterocycles. The second-order valence-corrected chi connectivity index (χ2v) is 4.95. The zero-order valence-corrected chi connectivity index (χ0v) is 11.6. The summed E-state index contributed by atoms with van der Waals surface area (Å²) in [5.41, 5.74) is 0.544. The first-order chi connectivity index (χ1) is 10.3. The zero-order valence-electron chi connectivity index (χ0n) is 11.6. The van der Waals surface area contributed by atoms with Crippen LogP contribution in [0.15, 0.2) is 31.0 Å². The highest BCUT2D eigenvalue weighted by Gasteiger charge is 2.18. The summed E-state index contributed by atoms with van der Waals surface area (Å²) in [6.07, 6.45) is 9.92. The van der Waals surface area contributed by atoms with Crippen LogP contribution in [-0.2, 0) is 9.53 Å². The van der Waals surface area contributed by atoms with Gasteiger partial charge in [-0.1, -0.05) is 0 Å². The first-order valence-corrected chi connectivity index (χ1v) is 7.04. The first-order valence-electron chi connectivity index (χ1n) is 7.04. The molecule has 1 unspecified atom stereocenters. The fraction of sp³-hybridized carbons (Fsp3) is 0.429. The van der Waals surface area contributed by atoms with E-state index in [-0.39, 0.29) is 12.0 Å². The van der Waals surface area contributed by atoms with Crippen molar-refractivity contribution in [2.75, 3.05) is 11.9 Å². The van der Waals surface area contributed by atoms with E-state index in [4.69, 9.17) is 4.74 Å². The Labute approximate surface area is 122 Å². The van der Waals surface area contributed by atoms with Crippen molar-refractivity contribution in [1.29, 1.82) is 0 Å². The number of anilines is 1. The molecule has 7 nitrogen and oxygen atoms in total. The van der Waals surface area contributed by atoms with E-state index in [0.29, 0.717) is 17.9 Å². The number of nitrogens with zero attached hydrogens (tertiary/aromatic N) is 4. The Hall–Kier alpha value is -2.28. The van der Waals surface area contributed by atoms with Crippen LogP contribution < -0.4 is 5.32 Å². The van der Waals surface area contributed by atoms with Gasteiger partial charge in [0, 0.05) is 19.0 Å². The van der Waals surface area contributed by atoms with Crippen LogP contribution >= 0.6 is 0 Å². The van der Waals surface area contributed by atoms with Crippen molar-refractivity contribution in [2.45, 2.75) is 31.8 Å². The molecule has 21 heavy (non-hydrogen) atoms. The van der Waals surface area contributed by atoms with Crippen molar-refractivity contribution in [3.8, 4) is 5.82 Å². The van der Waals surface area contributed by atoms with Crippen LogP contribution in [-0.4, -0.2) is 38.4 Å². The van der Waals surface area contributed by atoms with E-state index in [1.165, 1.54) is 6.33 Å². The molecule has 3 heterocycles. The molecule has 0 bridgehead atoms. The van der Waals surface area contributed by atoms with Gasteiger partial charge in [0.1, 0.15) is 12.0 Å². The maximum atomic E-state index is 12.1. The molecule has 1 atom stereocenters. The molecule has 1 amide bonds. The van der Waals surface area contributed by atoms with Crippen LogP contribution in [0.3, 0.4) is 0 Å². The number of nitrogens with one attached hydrogen (secondary N) is 1. The summed E-state index contributed by atoms with van der Waals surface area (Å²) in [5.74, 6) is 0.456. The van der Waals surface area contributed by atoms with Gasteiger partial charge in [-0.2, -0.15) is 5.10 Å². The standard InChI is InChI=1S/C14H17N5O2/c20-13(8-11-4-1-2-7-21-11)18-12-9-15-10-16-14(12)19-6-3-5-17-19/h3,5-6,9-11H,1-2,4,7-8H2,(H,18,20). The third-order valence-electron chi connectivity index (χ3n) is 3.37. The highest BCUT2D eigenvalue weighted by Crippen LogP contribution is 2.18. The number of carbonyl (C=O) groups is 1. The van der Waals surface area contributed by atoms with Crippen molar-refractivity contribution in [2.24, 2.45) is 0 Å². The average Bonchev–Trinajstić information content (AvgIpc) is 3.03. The number of hydrogen-bond acceptors (Lipinski definition) is 5. The normalized spacial score (nSPS) is 18.4. The summed E-state index contributed by atoms with van der Waals surface area (Å²) in [5, 5.41) is 6.96. The fourth-order valence-electron chi connectivity index (χ4n) is 2.36. The lowest BCUT2D eigenvalue weighted by atomic mass is 10.1. The Balaban J connectivity index is 1.68. The Morgan fingerprint density at radius 2 is 2.43 bits per heavy atom. The topological polar surface area (TPSA) is 81.9 Å². The maximum Gasteiger partial charge on any atom is 0.227 e. The van der Waals surface area contributed by atoms with E-state index in [9.17, 15) is 4.79 Å². The van der Waals surface area contributed by atoms with Crippen LogP contribution in [0.1, 0.15) is 25.7 Å². The van der Waals surface area contributed by atoms with Gasteiger partial charge in [-0.3, -0.25) is 4.79 Å². The van der Waals surface area contributed by atoms with Gasteiger partial charge in [-0.25, -0.2) is 14.6 Å². The van der Waals surface area contributed by atoms with Gasteiger partial charge in [0.25, 0.3) is 0 Å². The lowest BCUT2D eigenvalue weighted by molar-refractivity contribution is -0.119. The van der Waals surface area contributed by atoms with Crippen LogP contribution in [0.5, 0.6) is 0 Å². The van der Waals surface area contributed by atoms with Gasteiger partial charge in [0.05, 0.1) is 18.7 Å². The predicted molar refractivity (Wildman–Crippen MR) is 76.0 cm³/mol. The Kier molecular flexibility index (Phi) is 4.20. The van der Waals surface area contributed by atoms with E-state index in [1.54, 1.807) is 29.3 Å². The Morgan fingerprint density at radius 3 is 3.19 bits per heavy atom. The van der Waals surface area contributed by atoms with Gasteiger partial charge in [0.15, 0.2) is 5.82 Å². The lowest BCUT2D eigenvalue weighted by Crippen LogP contribution is -2.26. The van der Waals surface area contributed by atoms with Crippen LogP contribution in [0.25, 0.3) is 5.82 Å². The van der Waals surface area contributed by atoms with E-state index < -0.39 is 0 Å². The molecule has 3 rings (SSSR count). The van der Waals surface area contributed by atoms with Gasteiger partial charge < -0.3 is 10.1 Å². The molecule has 2 aromatic heterocycles. The molecular weight excluding hydrogens is 270 g/mol. The van der Waals surface area contributed by atoms with E-state index in [0.717, 1.165) is 25.9 Å². The van der Waals surface area contributed by atoms with Crippen molar-refractivity contribution in [3.05, 3.63) is 31.0 Å². The van der Waals surface area contributed by atoms with Gasteiger partial charge in [-0.15, -0.1) is 0 Å². The van der Waals surface area contributed by atoms with Crippen LogP contribution in [0, 0.1) is 0 Å². The number of hydrogen-bond donors (Lipinski definition) is 1. The summed E-state index contributed by atoms with van der Waals surface area (Å²) in [6, 6.07) is 1.80. The van der Waals surface area contributed by atoms with Crippen LogP contribution in [0.2, 0.25) is 0 Å². The molecule has 7 heteroatoms. The van der Waals surface area contributed by atoms with Crippen molar-refractivity contribution in [1.82, 2.24) is 19.7 Å². The summed E-state index contributed by atoms with van der Waals surface area (Å²) < 4.78 is 7.17. The highest BCUT2D eigenvalue weighted by atomic mass is 16.5. The molecule has 1 fully saturated rings. The van der Waals surface area contributed by atoms with E-state index >= 15 is 0 Å². The first kappa shape index (κ1) is 13.7. The number of carbonyl (C=O) groups excluding carboxylic acids is 1. The number of ether oxygens (including phenoxy) is 1. The predicted octanol–water partition coefficient (Wildman–Crippen LogP) is 1.56. The van der Waals surface area contributed by atoms with Crippen LogP contribution in [0.4, 0.5) is 5.69 Å². The minimum atomic E-state index is -0.0925. The molecule has 0 aliphatic carbocycles. The van der Waals surface area contributed by atoms with Crippen molar-refractivity contribution in [3.63, 3.8) is 0 Å². The molecule has 1 N–H and O–H groups in total. The lowest BCUT2D eigenvalue weighted by Gasteiger charge is -2.22. The highest BCUT2D eigenvalue weighted by molar-refractivity contribution is 5.92. The average molecular weight is 287 g/mol. The second kappa shape index (κ2) is 6.45. The summed E-state index contributed by atoms with van der Waals surface area (Å²) >= 11 is 0. The molecule has 0 aromatic carbocycles. The number of aromatic nitrogens is 4. The summed E-state index contributed by atoms with van der Waals surface area (Å²) in [6.45, 7) is 0.741. The number of rotatable bonds is 4. The van der Waals surface area contributed by atoms with Gasteiger partial charge in [0.2, 0.25) is 5.91 Å². The zero-order chi connectivity index (χ0) is 14.5. The number of amides is 1. The Bertz CT molecular complexity index is 593. The van der Waals surface area contributed by atoms with E-state index in [1.807, 2.05) is 0 Å². The molecule has 110 valence electrons. The Morgan fingerprint density at radius 1 is 1.48 bits per heavy atom. The SMILES string of the molecule is O=C(CC1CCCCO1)Nc1cncnc1-n1cccn1. The molecule has 1 saturated heterocycles. The molecule has 1 aliphatic rings. The molecule has 2 aromatic rings. The third-order valence-corrected chi connectivity index (χ3v) is 3.37. The molecular formula is C14H17N5O2. The fourth-order valence-corrected chi connectivity index (χ4v) is 2.36. The van der Waals surface area contributed by atoms with E-state index in [2.05, 4.69) is 20.4 Å². The minimum Gasteiger partial charge on any atom is -0.378 e. The molecule has 0 saturated carbocycles.